The highest BCUT2D eigenvalue weighted by Gasteiger charge is 2.16. The second kappa shape index (κ2) is 8.65. The van der Waals surface area contributed by atoms with Gasteiger partial charge in [0.05, 0.1) is 11.3 Å². The maximum absolute atomic E-state index is 12.0. The maximum atomic E-state index is 12.0. The Kier molecular flexibility index (Phi) is 6.54. The predicted molar refractivity (Wildman–Crippen MR) is 101 cm³/mol. The van der Waals surface area contributed by atoms with Gasteiger partial charge in [-0.05, 0) is 42.0 Å². The van der Waals surface area contributed by atoms with Crippen LogP contribution in [0.5, 0.6) is 5.75 Å². The monoisotopic (exact) mass is 391 g/mol. The van der Waals surface area contributed by atoms with Crippen LogP contribution in [0.3, 0.4) is 0 Å². The summed E-state index contributed by atoms with van der Waals surface area (Å²) in [6, 6.07) is 12.5. The molecule has 0 aliphatic rings. The first-order valence-electron chi connectivity index (χ1n) is 8.01. The van der Waals surface area contributed by atoms with Crippen LogP contribution < -0.4 is 15.8 Å². The topological polar surface area (TPSA) is 119 Å². The number of hydrogen-bond donors (Lipinski definition) is 2. The lowest BCUT2D eigenvalue weighted by molar-refractivity contribution is -0.118. The van der Waals surface area contributed by atoms with Crippen molar-refractivity contribution in [1.29, 1.82) is 0 Å². The number of carbonyl (C=O) groups is 2. The average Bonchev–Trinajstić information content (AvgIpc) is 2.61. The minimum absolute atomic E-state index is 0.136. The third-order valence-corrected chi connectivity index (χ3v) is 5.42. The predicted octanol–water partition coefficient (Wildman–Crippen LogP) is 0.982. The molecule has 0 unspecified atom stereocenters. The van der Waals surface area contributed by atoms with Crippen LogP contribution in [-0.4, -0.2) is 45.2 Å². The van der Waals surface area contributed by atoms with Crippen molar-refractivity contribution in [3.05, 3.63) is 54.1 Å². The van der Waals surface area contributed by atoms with E-state index in [9.17, 15) is 18.0 Å². The van der Waals surface area contributed by atoms with E-state index in [0.29, 0.717) is 11.4 Å². The van der Waals surface area contributed by atoms with Crippen molar-refractivity contribution in [3.63, 3.8) is 0 Å². The Morgan fingerprint density at radius 1 is 1.04 bits per heavy atom. The number of nitrogens with two attached hydrogens (primary N) is 1. The van der Waals surface area contributed by atoms with Gasteiger partial charge in [0.2, 0.25) is 15.9 Å². The second-order valence-corrected chi connectivity index (χ2v) is 8.09. The first kappa shape index (κ1) is 20.4. The highest BCUT2D eigenvalue weighted by atomic mass is 32.2. The summed E-state index contributed by atoms with van der Waals surface area (Å²) in [5.74, 6) is -0.424. The molecule has 0 atom stereocenters. The van der Waals surface area contributed by atoms with Crippen LogP contribution in [0.1, 0.15) is 5.56 Å². The van der Waals surface area contributed by atoms with Crippen LogP contribution in [0.15, 0.2) is 53.4 Å². The molecule has 8 nitrogen and oxygen atoms in total. The molecule has 144 valence electrons. The van der Waals surface area contributed by atoms with Gasteiger partial charge in [-0.3, -0.25) is 9.59 Å². The van der Waals surface area contributed by atoms with Gasteiger partial charge in [0.1, 0.15) is 5.75 Å². The molecule has 9 heteroatoms. The summed E-state index contributed by atoms with van der Waals surface area (Å²) < 4.78 is 30.5. The van der Waals surface area contributed by atoms with Gasteiger partial charge in [0.15, 0.2) is 6.61 Å². The molecule has 0 heterocycles. The van der Waals surface area contributed by atoms with Gasteiger partial charge < -0.3 is 15.8 Å². The number of amides is 2. The van der Waals surface area contributed by atoms with Gasteiger partial charge in [-0.15, -0.1) is 0 Å². The summed E-state index contributed by atoms with van der Waals surface area (Å²) in [5.41, 5.74) is 6.44. The Hall–Kier alpha value is -2.91. The molecule has 0 radical (unpaired) electrons. The molecule has 2 aromatic rings. The van der Waals surface area contributed by atoms with Crippen LogP contribution >= 0.6 is 0 Å². The SMILES string of the molecule is CN(C)S(=O)(=O)c1ccc(OCC(=O)Nc2ccc(CC(N)=O)cc2)cc1. The van der Waals surface area contributed by atoms with Gasteiger partial charge in [-0.1, -0.05) is 12.1 Å². The molecule has 0 aromatic heterocycles. The zero-order valence-corrected chi connectivity index (χ0v) is 15.8. The molecule has 2 amide bonds. The van der Waals surface area contributed by atoms with E-state index in [1.165, 1.54) is 38.4 Å². The third-order valence-electron chi connectivity index (χ3n) is 3.59. The van der Waals surface area contributed by atoms with E-state index in [2.05, 4.69) is 5.32 Å². The highest BCUT2D eigenvalue weighted by molar-refractivity contribution is 7.89. The zero-order valence-electron chi connectivity index (χ0n) is 15.0. The standard InChI is InChI=1S/C18H21N3O5S/c1-21(2)27(24,25)16-9-7-15(8-10-16)26-12-18(23)20-14-5-3-13(4-6-14)11-17(19)22/h3-10H,11-12H2,1-2H3,(H2,19,22)(H,20,23). The van der Waals surface area contributed by atoms with Crippen LogP contribution in [-0.2, 0) is 26.0 Å². The lowest BCUT2D eigenvalue weighted by Crippen LogP contribution is -2.22. The summed E-state index contributed by atoms with van der Waals surface area (Å²) in [6.07, 6.45) is 0.136. The number of nitrogens with zero attached hydrogens (tertiary/aromatic N) is 1. The summed E-state index contributed by atoms with van der Waals surface area (Å²) in [4.78, 5) is 23.0. The number of ether oxygens (including phenoxy) is 1. The van der Waals surface area contributed by atoms with E-state index < -0.39 is 15.9 Å². The fourth-order valence-corrected chi connectivity index (χ4v) is 3.07. The van der Waals surface area contributed by atoms with E-state index in [1.807, 2.05) is 0 Å². The molecule has 0 fully saturated rings. The Balaban J connectivity index is 1.89. The molecular formula is C18H21N3O5S. The molecule has 2 rings (SSSR count). The fraction of sp³-hybridized carbons (Fsp3) is 0.222. The van der Waals surface area contributed by atoms with Crippen molar-refractivity contribution in [1.82, 2.24) is 4.31 Å². The van der Waals surface area contributed by atoms with E-state index in [4.69, 9.17) is 10.5 Å². The summed E-state index contributed by atoms with van der Waals surface area (Å²) in [7, 11) is -0.609. The molecule has 3 N–H and O–H groups in total. The van der Waals surface area contributed by atoms with Crippen LogP contribution in [0.2, 0.25) is 0 Å². The van der Waals surface area contributed by atoms with E-state index in [1.54, 1.807) is 24.3 Å². The molecule has 0 spiro atoms. The summed E-state index contributed by atoms with van der Waals surface area (Å²) in [6.45, 7) is -0.233. The van der Waals surface area contributed by atoms with Crippen molar-refractivity contribution in [2.45, 2.75) is 11.3 Å². The number of nitrogens with one attached hydrogen (secondary N) is 1. The average molecular weight is 391 g/mol. The first-order valence-corrected chi connectivity index (χ1v) is 9.45. The van der Waals surface area contributed by atoms with Gasteiger partial charge >= 0.3 is 0 Å². The number of hydrogen-bond acceptors (Lipinski definition) is 5. The van der Waals surface area contributed by atoms with Crippen molar-refractivity contribution in [2.75, 3.05) is 26.0 Å². The van der Waals surface area contributed by atoms with Crippen molar-refractivity contribution >= 4 is 27.5 Å². The van der Waals surface area contributed by atoms with Crippen LogP contribution in [0, 0.1) is 0 Å². The zero-order chi connectivity index (χ0) is 20.0. The first-order chi connectivity index (χ1) is 12.7. The number of benzene rings is 2. The second-order valence-electron chi connectivity index (χ2n) is 5.94. The Morgan fingerprint density at radius 2 is 1.63 bits per heavy atom. The number of anilines is 1. The van der Waals surface area contributed by atoms with Crippen LogP contribution in [0.25, 0.3) is 0 Å². The summed E-state index contributed by atoms with van der Waals surface area (Å²) >= 11 is 0. The molecule has 0 saturated heterocycles. The number of sulfonamides is 1. The van der Waals surface area contributed by atoms with E-state index >= 15 is 0 Å². The Labute approximate surface area is 158 Å². The third kappa shape index (κ3) is 5.80. The fourth-order valence-electron chi connectivity index (χ4n) is 2.17. The molecule has 2 aromatic carbocycles. The summed E-state index contributed by atoms with van der Waals surface area (Å²) in [5, 5.41) is 2.66. The normalized spacial score (nSPS) is 11.2. The molecule has 0 saturated carbocycles. The highest BCUT2D eigenvalue weighted by Crippen LogP contribution is 2.18. The minimum Gasteiger partial charge on any atom is -0.484 e. The van der Waals surface area contributed by atoms with Gasteiger partial charge in [-0.25, -0.2) is 12.7 Å². The van der Waals surface area contributed by atoms with Crippen molar-refractivity contribution < 1.29 is 22.7 Å². The van der Waals surface area contributed by atoms with E-state index in [0.717, 1.165) is 9.87 Å². The molecule has 0 aliphatic carbocycles. The van der Waals surface area contributed by atoms with Gasteiger partial charge in [-0.2, -0.15) is 0 Å². The number of primary amides is 1. The smallest absolute Gasteiger partial charge is 0.262 e. The number of rotatable bonds is 8. The van der Waals surface area contributed by atoms with Crippen LogP contribution in [0.4, 0.5) is 5.69 Å². The van der Waals surface area contributed by atoms with Crippen molar-refractivity contribution in [3.8, 4) is 5.75 Å². The van der Waals surface area contributed by atoms with Gasteiger partial charge in [0, 0.05) is 19.8 Å². The molecule has 27 heavy (non-hydrogen) atoms. The Bertz CT molecular complexity index is 907. The minimum atomic E-state index is -3.51. The number of carbonyl (C=O) groups excluding carboxylic acids is 2. The van der Waals surface area contributed by atoms with E-state index in [-0.39, 0.29) is 23.8 Å². The largest absolute Gasteiger partial charge is 0.484 e. The lowest BCUT2D eigenvalue weighted by Gasteiger charge is -2.12. The van der Waals surface area contributed by atoms with Gasteiger partial charge in [0.25, 0.3) is 5.91 Å². The molecule has 0 aliphatic heterocycles. The quantitative estimate of drug-likeness (QED) is 0.695. The Morgan fingerprint density at radius 3 is 2.15 bits per heavy atom. The van der Waals surface area contributed by atoms with Crippen molar-refractivity contribution in [2.24, 2.45) is 5.73 Å². The lowest BCUT2D eigenvalue weighted by atomic mass is 10.1. The maximum Gasteiger partial charge on any atom is 0.262 e. The molecule has 0 bridgehead atoms. The molecular weight excluding hydrogens is 370 g/mol.